The summed E-state index contributed by atoms with van der Waals surface area (Å²) in [4.78, 5) is 0. The summed E-state index contributed by atoms with van der Waals surface area (Å²) in [7, 11) is 0. The Labute approximate surface area is 333 Å². The average Bonchev–Trinajstić information content (AvgIpc) is 3.75. The maximum Gasteiger partial charge on any atom is 0.416 e. The molecular weight excluding hydrogens is 724 g/mol. The lowest BCUT2D eigenvalue weighted by atomic mass is 9.96. The molecule has 3 nitrogen and oxygen atoms in total. The number of aryl methyl sites for hydroxylation is 2. The first kappa shape index (κ1) is 35.1. The van der Waals surface area contributed by atoms with Crippen molar-refractivity contribution in [3.05, 3.63) is 192 Å². The quantitative estimate of drug-likeness (QED) is 0.172. The third-order valence-corrected chi connectivity index (χ3v) is 11.3. The van der Waals surface area contributed by atoms with E-state index in [9.17, 15) is 18.4 Å². The summed E-state index contributed by atoms with van der Waals surface area (Å²) < 4.78 is 48.4. The fourth-order valence-corrected chi connectivity index (χ4v) is 8.51. The maximum atomic E-state index is 14.8. The molecule has 2 heterocycles. The van der Waals surface area contributed by atoms with Gasteiger partial charge in [0.25, 0.3) is 0 Å². The molecule has 278 valence electrons. The molecule has 0 unspecified atom stereocenters. The van der Waals surface area contributed by atoms with Crippen LogP contribution in [0.4, 0.5) is 13.2 Å². The highest BCUT2D eigenvalue weighted by Gasteiger charge is 2.32. The number of nitrogens with zero attached hydrogens (tertiary/aromatic N) is 3. The lowest BCUT2D eigenvalue weighted by Crippen LogP contribution is -2.08. The van der Waals surface area contributed by atoms with Crippen LogP contribution >= 0.6 is 0 Å². The van der Waals surface area contributed by atoms with Crippen LogP contribution in [0.2, 0.25) is 0 Å². The molecule has 0 aliphatic heterocycles. The Morgan fingerprint density at radius 3 is 1.50 bits per heavy atom. The third-order valence-electron chi connectivity index (χ3n) is 11.3. The summed E-state index contributed by atoms with van der Waals surface area (Å²) in [6.07, 6.45) is -4.61. The molecule has 0 radical (unpaired) electrons. The minimum atomic E-state index is -4.61. The molecule has 10 rings (SSSR count). The molecule has 0 saturated carbocycles. The van der Waals surface area contributed by atoms with E-state index in [4.69, 9.17) is 0 Å². The van der Waals surface area contributed by atoms with Gasteiger partial charge < -0.3 is 9.13 Å². The van der Waals surface area contributed by atoms with Crippen LogP contribution in [0.15, 0.2) is 170 Å². The molecule has 6 heteroatoms. The van der Waals surface area contributed by atoms with Gasteiger partial charge in [-0.1, -0.05) is 120 Å². The van der Waals surface area contributed by atoms with Crippen LogP contribution in [0.5, 0.6) is 0 Å². The highest BCUT2D eigenvalue weighted by molar-refractivity contribution is 6.13. The van der Waals surface area contributed by atoms with Gasteiger partial charge in [-0.3, -0.25) is 0 Å². The Bertz CT molecular complexity index is 3290. The summed E-state index contributed by atoms with van der Waals surface area (Å²) >= 11 is 0. The molecule has 2 aromatic heterocycles. The van der Waals surface area contributed by atoms with E-state index < -0.39 is 11.7 Å². The molecular formula is C52H34F3N3. The van der Waals surface area contributed by atoms with Crippen LogP contribution in [0, 0.1) is 25.2 Å². The number of aromatic nitrogens is 2. The van der Waals surface area contributed by atoms with Crippen molar-refractivity contribution in [3.63, 3.8) is 0 Å². The molecule has 0 aliphatic rings. The molecule has 0 N–H and O–H groups in total. The van der Waals surface area contributed by atoms with Gasteiger partial charge in [-0.25, -0.2) is 0 Å². The molecule has 0 atom stereocenters. The second-order valence-corrected chi connectivity index (χ2v) is 14.9. The van der Waals surface area contributed by atoms with Crippen LogP contribution in [0.3, 0.4) is 0 Å². The highest BCUT2D eigenvalue weighted by Crippen LogP contribution is 2.44. The van der Waals surface area contributed by atoms with Crippen LogP contribution in [-0.4, -0.2) is 9.13 Å². The van der Waals surface area contributed by atoms with E-state index >= 15 is 0 Å². The zero-order valence-electron chi connectivity index (χ0n) is 31.6. The predicted molar refractivity (Wildman–Crippen MR) is 231 cm³/mol. The van der Waals surface area contributed by atoms with Crippen molar-refractivity contribution in [2.75, 3.05) is 0 Å². The minimum absolute atomic E-state index is 0.344. The number of fused-ring (bicyclic) bond motifs is 6. The number of halogens is 3. The van der Waals surface area contributed by atoms with E-state index in [1.807, 2.05) is 53.1 Å². The molecule has 0 aliphatic carbocycles. The molecule has 0 spiro atoms. The van der Waals surface area contributed by atoms with Gasteiger partial charge in [-0.15, -0.1) is 0 Å². The van der Waals surface area contributed by atoms with Crippen LogP contribution in [0.1, 0.15) is 22.3 Å². The van der Waals surface area contributed by atoms with Crippen molar-refractivity contribution in [1.82, 2.24) is 9.13 Å². The highest BCUT2D eigenvalue weighted by atomic mass is 19.4. The van der Waals surface area contributed by atoms with E-state index in [1.165, 1.54) is 17.2 Å². The first-order chi connectivity index (χ1) is 28.2. The Morgan fingerprint density at radius 1 is 0.448 bits per heavy atom. The molecule has 0 amide bonds. The molecule has 0 bridgehead atoms. The fraction of sp³-hybridized carbons (Fsp3) is 0.0577. The van der Waals surface area contributed by atoms with Gasteiger partial charge >= 0.3 is 6.18 Å². The average molecular weight is 758 g/mol. The number of benzene rings is 8. The predicted octanol–water partition coefficient (Wildman–Crippen LogP) is 14.4. The normalized spacial score (nSPS) is 11.9. The summed E-state index contributed by atoms with van der Waals surface area (Å²) in [6, 6.07) is 57.0. The topological polar surface area (TPSA) is 33.6 Å². The zero-order chi connectivity index (χ0) is 39.7. The Balaban J connectivity index is 1.27. The third kappa shape index (κ3) is 5.66. The lowest BCUT2D eigenvalue weighted by molar-refractivity contribution is -0.137. The molecule has 0 fully saturated rings. The summed E-state index contributed by atoms with van der Waals surface area (Å²) in [5, 5.41) is 14.7. The first-order valence-electron chi connectivity index (χ1n) is 19.1. The fourth-order valence-electron chi connectivity index (χ4n) is 8.51. The van der Waals surface area contributed by atoms with E-state index in [1.54, 1.807) is 18.2 Å². The van der Waals surface area contributed by atoms with Gasteiger partial charge in [0.2, 0.25) is 0 Å². The SMILES string of the molecule is Cc1ccc(-c2ccc3c(c2)c2ccccc2n3-c2ccc(C(F)(F)F)cc2-c2cccc(C#N)c2-n2c3ccccc3c3cc(-c4ccc(C)cc4)ccc32)cc1. The largest absolute Gasteiger partial charge is 0.416 e. The molecule has 0 saturated heterocycles. The van der Waals surface area contributed by atoms with Crippen molar-refractivity contribution in [1.29, 1.82) is 5.26 Å². The van der Waals surface area contributed by atoms with Gasteiger partial charge in [0.15, 0.2) is 0 Å². The number of hydrogen-bond donors (Lipinski definition) is 0. The second-order valence-electron chi connectivity index (χ2n) is 14.9. The van der Waals surface area contributed by atoms with Crippen molar-refractivity contribution >= 4 is 43.6 Å². The van der Waals surface area contributed by atoms with Crippen LogP contribution in [0.25, 0.3) is 88.4 Å². The maximum absolute atomic E-state index is 14.8. The summed E-state index contributed by atoms with van der Waals surface area (Å²) in [5.74, 6) is 0. The van der Waals surface area contributed by atoms with E-state index in [0.29, 0.717) is 28.1 Å². The molecule has 58 heavy (non-hydrogen) atoms. The van der Waals surface area contributed by atoms with Gasteiger partial charge in [0, 0.05) is 32.7 Å². The van der Waals surface area contributed by atoms with E-state index in [2.05, 4.69) is 115 Å². The zero-order valence-corrected chi connectivity index (χ0v) is 31.6. The summed E-state index contributed by atoms with van der Waals surface area (Å²) in [6.45, 7) is 4.12. The monoisotopic (exact) mass is 757 g/mol. The summed E-state index contributed by atoms with van der Waals surface area (Å²) in [5.41, 5.74) is 11.5. The first-order valence-corrected chi connectivity index (χ1v) is 19.1. The molecule has 8 aromatic carbocycles. The number of rotatable bonds is 5. The Morgan fingerprint density at radius 2 is 0.948 bits per heavy atom. The molecule has 10 aromatic rings. The number of hydrogen-bond acceptors (Lipinski definition) is 1. The van der Waals surface area contributed by atoms with E-state index in [0.717, 1.165) is 71.9 Å². The Hall–Kier alpha value is -7.36. The van der Waals surface area contributed by atoms with Gasteiger partial charge in [0.05, 0.1) is 44.6 Å². The van der Waals surface area contributed by atoms with Crippen LogP contribution < -0.4 is 0 Å². The van der Waals surface area contributed by atoms with E-state index in [-0.39, 0.29) is 0 Å². The van der Waals surface area contributed by atoms with Crippen molar-refractivity contribution in [2.24, 2.45) is 0 Å². The van der Waals surface area contributed by atoms with Crippen molar-refractivity contribution in [2.45, 2.75) is 20.0 Å². The lowest BCUT2D eigenvalue weighted by Gasteiger charge is -2.21. The van der Waals surface area contributed by atoms with Gasteiger partial charge in [-0.05, 0) is 96.8 Å². The number of alkyl halides is 3. The van der Waals surface area contributed by atoms with Crippen molar-refractivity contribution < 1.29 is 13.2 Å². The van der Waals surface area contributed by atoms with Gasteiger partial charge in [-0.2, -0.15) is 18.4 Å². The Kier molecular flexibility index (Phi) is 8.10. The number of para-hydroxylation sites is 3. The minimum Gasteiger partial charge on any atom is -0.309 e. The standard InChI is InChI=1S/C52H34F3N3/c1-32-14-18-34(19-15-32)36-22-25-48-43(28-36)40-9-3-5-12-46(40)57(48)49-27-24-39(52(53,54)55)30-45(49)42-11-7-8-38(31-56)51(42)58-47-13-6-4-10-41(47)44-29-37(23-26-50(44)58)35-20-16-33(2)17-21-35/h3-30H,1-2H3. The van der Waals surface area contributed by atoms with Crippen LogP contribution in [-0.2, 0) is 6.18 Å². The number of nitriles is 1. The smallest absolute Gasteiger partial charge is 0.309 e. The second kappa shape index (κ2) is 13.4. The van der Waals surface area contributed by atoms with Crippen molar-refractivity contribution in [3.8, 4) is 50.8 Å². The van der Waals surface area contributed by atoms with Gasteiger partial charge in [0.1, 0.15) is 6.07 Å².